The predicted molar refractivity (Wildman–Crippen MR) is 58.1 cm³/mol. The molecule has 0 radical (unpaired) electrons. The Balaban J connectivity index is 2.49. The number of hydrogen-bond acceptors (Lipinski definition) is 1. The van der Waals surface area contributed by atoms with Gasteiger partial charge in [-0.25, -0.2) is 0 Å². The fraction of sp³-hybridized carbons (Fsp3) is 0.500. The van der Waals surface area contributed by atoms with Gasteiger partial charge in [-0.15, -0.1) is 0 Å². The lowest BCUT2D eigenvalue weighted by Gasteiger charge is -2.09. The van der Waals surface area contributed by atoms with Crippen LogP contribution >= 0.6 is 0 Å². The number of benzene rings is 1. The zero-order chi connectivity index (χ0) is 9.68. The van der Waals surface area contributed by atoms with Gasteiger partial charge in [0.15, 0.2) is 0 Å². The van der Waals surface area contributed by atoms with Crippen LogP contribution in [0.5, 0.6) is 0 Å². The quantitative estimate of drug-likeness (QED) is 0.682. The minimum atomic E-state index is 1.13. The molecule has 0 bridgehead atoms. The molecule has 72 valence electrons. The summed E-state index contributed by atoms with van der Waals surface area (Å²) in [5, 5.41) is 0. The molecular weight excluding hydrogens is 158 g/mol. The van der Waals surface area contributed by atoms with Crippen molar-refractivity contribution < 1.29 is 0 Å². The minimum absolute atomic E-state index is 1.13. The van der Waals surface area contributed by atoms with Crippen LogP contribution in [-0.4, -0.2) is 25.5 Å². The molecule has 0 saturated heterocycles. The van der Waals surface area contributed by atoms with Gasteiger partial charge in [0.1, 0.15) is 0 Å². The highest BCUT2D eigenvalue weighted by molar-refractivity contribution is 5.22. The zero-order valence-corrected chi connectivity index (χ0v) is 8.88. The first-order valence-electron chi connectivity index (χ1n) is 4.95. The molecule has 0 atom stereocenters. The van der Waals surface area contributed by atoms with E-state index >= 15 is 0 Å². The zero-order valence-electron chi connectivity index (χ0n) is 8.88. The van der Waals surface area contributed by atoms with Gasteiger partial charge >= 0.3 is 0 Å². The Labute approximate surface area is 81.4 Å². The van der Waals surface area contributed by atoms with Gasteiger partial charge in [-0.3, -0.25) is 0 Å². The van der Waals surface area contributed by atoms with Crippen molar-refractivity contribution in [2.75, 3.05) is 20.6 Å². The van der Waals surface area contributed by atoms with E-state index in [1.54, 1.807) is 0 Å². The van der Waals surface area contributed by atoms with Crippen LogP contribution in [0.15, 0.2) is 24.3 Å². The lowest BCUT2D eigenvalue weighted by atomic mass is 10.1. The van der Waals surface area contributed by atoms with Crippen molar-refractivity contribution in [2.24, 2.45) is 0 Å². The average molecular weight is 177 g/mol. The molecule has 1 heteroatoms. The van der Waals surface area contributed by atoms with E-state index in [1.807, 2.05) is 0 Å². The third kappa shape index (κ3) is 3.60. The molecule has 0 fully saturated rings. The van der Waals surface area contributed by atoms with E-state index in [-0.39, 0.29) is 0 Å². The highest BCUT2D eigenvalue weighted by Crippen LogP contribution is 2.05. The average Bonchev–Trinajstić information content (AvgIpc) is 2.15. The lowest BCUT2D eigenvalue weighted by Crippen LogP contribution is -2.14. The summed E-state index contributed by atoms with van der Waals surface area (Å²) in [5.41, 5.74) is 2.86. The van der Waals surface area contributed by atoms with Gasteiger partial charge < -0.3 is 4.90 Å². The van der Waals surface area contributed by atoms with Gasteiger partial charge in [-0.1, -0.05) is 31.2 Å². The molecule has 0 N–H and O–H groups in total. The number of rotatable bonds is 4. The van der Waals surface area contributed by atoms with Gasteiger partial charge in [0, 0.05) is 6.54 Å². The normalized spacial score (nSPS) is 10.8. The summed E-state index contributed by atoms with van der Waals surface area (Å²) in [7, 11) is 4.22. The summed E-state index contributed by atoms with van der Waals surface area (Å²) >= 11 is 0. The Hall–Kier alpha value is -0.820. The van der Waals surface area contributed by atoms with Crippen molar-refractivity contribution in [3.8, 4) is 0 Å². The highest BCUT2D eigenvalue weighted by Gasteiger charge is 1.94. The molecule has 0 amide bonds. The van der Waals surface area contributed by atoms with Gasteiger partial charge in [0.05, 0.1) is 0 Å². The second-order valence-corrected chi connectivity index (χ2v) is 3.72. The monoisotopic (exact) mass is 177 g/mol. The topological polar surface area (TPSA) is 3.24 Å². The lowest BCUT2D eigenvalue weighted by molar-refractivity contribution is 0.413. The largest absolute Gasteiger partial charge is 0.309 e. The van der Waals surface area contributed by atoms with Crippen LogP contribution in [0, 0.1) is 0 Å². The van der Waals surface area contributed by atoms with Crippen molar-refractivity contribution in [2.45, 2.75) is 19.8 Å². The molecule has 0 aromatic heterocycles. The van der Waals surface area contributed by atoms with E-state index in [0.717, 1.165) is 19.4 Å². The Kier molecular flexibility index (Phi) is 3.97. The number of hydrogen-bond donors (Lipinski definition) is 0. The molecule has 0 saturated carbocycles. The fourth-order valence-corrected chi connectivity index (χ4v) is 1.29. The summed E-state index contributed by atoms with van der Waals surface area (Å²) in [6, 6.07) is 8.93. The second-order valence-electron chi connectivity index (χ2n) is 3.72. The number of likely N-dealkylation sites (N-methyl/N-ethyl adjacent to an activating group) is 1. The van der Waals surface area contributed by atoms with E-state index in [2.05, 4.69) is 50.2 Å². The van der Waals surface area contributed by atoms with Crippen molar-refractivity contribution in [3.05, 3.63) is 35.4 Å². The van der Waals surface area contributed by atoms with E-state index < -0.39 is 0 Å². The minimum Gasteiger partial charge on any atom is -0.309 e. The van der Waals surface area contributed by atoms with E-state index in [4.69, 9.17) is 0 Å². The molecular formula is C12H19N. The summed E-state index contributed by atoms with van der Waals surface area (Å²) in [6.45, 7) is 3.32. The van der Waals surface area contributed by atoms with Crippen LogP contribution in [0.1, 0.15) is 18.1 Å². The number of nitrogens with zero attached hydrogens (tertiary/aromatic N) is 1. The molecule has 1 rings (SSSR count). The summed E-state index contributed by atoms with van der Waals surface area (Å²) in [5.74, 6) is 0. The van der Waals surface area contributed by atoms with Crippen LogP contribution in [0.4, 0.5) is 0 Å². The molecule has 0 aliphatic heterocycles. The van der Waals surface area contributed by atoms with Gasteiger partial charge in [0.25, 0.3) is 0 Å². The second kappa shape index (κ2) is 5.03. The standard InChI is InChI=1S/C12H19N/c1-4-11-5-7-12(8-6-11)9-10-13(2)3/h5-8H,4,9-10H2,1-3H3. The van der Waals surface area contributed by atoms with Crippen LogP contribution in [0.3, 0.4) is 0 Å². The molecule has 1 aromatic rings. The van der Waals surface area contributed by atoms with Crippen LogP contribution < -0.4 is 0 Å². The molecule has 13 heavy (non-hydrogen) atoms. The Morgan fingerprint density at radius 2 is 1.54 bits per heavy atom. The summed E-state index contributed by atoms with van der Waals surface area (Å²) in [6.07, 6.45) is 2.28. The first kappa shape index (κ1) is 10.3. The van der Waals surface area contributed by atoms with Gasteiger partial charge in [0.2, 0.25) is 0 Å². The molecule has 0 unspecified atom stereocenters. The van der Waals surface area contributed by atoms with E-state index in [1.165, 1.54) is 11.1 Å². The number of aryl methyl sites for hydroxylation is 1. The maximum atomic E-state index is 2.24. The SMILES string of the molecule is CCc1ccc(CCN(C)C)cc1. The molecule has 0 aliphatic rings. The van der Waals surface area contributed by atoms with Gasteiger partial charge in [-0.2, -0.15) is 0 Å². The van der Waals surface area contributed by atoms with Crippen molar-refractivity contribution in [1.82, 2.24) is 4.90 Å². The molecule has 0 aliphatic carbocycles. The third-order valence-electron chi connectivity index (χ3n) is 2.28. The maximum Gasteiger partial charge on any atom is 0.00157 e. The first-order chi connectivity index (χ1) is 6.22. The van der Waals surface area contributed by atoms with E-state index in [9.17, 15) is 0 Å². The molecule has 1 nitrogen and oxygen atoms in total. The summed E-state index contributed by atoms with van der Waals surface area (Å²) in [4.78, 5) is 2.22. The molecule has 0 heterocycles. The Morgan fingerprint density at radius 1 is 1.00 bits per heavy atom. The van der Waals surface area contributed by atoms with E-state index in [0.29, 0.717) is 0 Å². The predicted octanol–water partition coefficient (Wildman–Crippen LogP) is 2.35. The Bertz CT molecular complexity index is 236. The maximum absolute atomic E-state index is 2.24. The van der Waals surface area contributed by atoms with Crippen molar-refractivity contribution in [1.29, 1.82) is 0 Å². The van der Waals surface area contributed by atoms with Crippen LogP contribution in [-0.2, 0) is 12.8 Å². The van der Waals surface area contributed by atoms with Crippen LogP contribution in [0.25, 0.3) is 0 Å². The highest BCUT2D eigenvalue weighted by atomic mass is 15.0. The molecule has 0 spiro atoms. The van der Waals surface area contributed by atoms with Gasteiger partial charge in [-0.05, 0) is 38.1 Å². The third-order valence-corrected chi connectivity index (χ3v) is 2.28. The van der Waals surface area contributed by atoms with Crippen molar-refractivity contribution >= 4 is 0 Å². The fourth-order valence-electron chi connectivity index (χ4n) is 1.29. The molecule has 1 aromatic carbocycles. The first-order valence-corrected chi connectivity index (χ1v) is 4.95. The van der Waals surface area contributed by atoms with Crippen LogP contribution in [0.2, 0.25) is 0 Å². The Morgan fingerprint density at radius 3 is 2.00 bits per heavy atom. The van der Waals surface area contributed by atoms with Crippen molar-refractivity contribution in [3.63, 3.8) is 0 Å². The smallest absolute Gasteiger partial charge is 0.00157 e. The summed E-state index contributed by atoms with van der Waals surface area (Å²) < 4.78 is 0.